The second-order valence-corrected chi connectivity index (χ2v) is 4.98. The molecule has 3 rings (SSSR count). The summed E-state index contributed by atoms with van der Waals surface area (Å²) >= 11 is 0. The summed E-state index contributed by atoms with van der Waals surface area (Å²) in [5.74, 6) is -6.45. The van der Waals surface area contributed by atoms with Crippen molar-refractivity contribution in [2.24, 2.45) is 5.89 Å². The molecule has 1 aliphatic rings. The number of pyridine rings is 1. The van der Waals surface area contributed by atoms with Crippen LogP contribution in [-0.4, -0.2) is 56.5 Å². The Balaban J connectivity index is 2.12. The number of aromatic hydroxyl groups is 1. The molecular weight excluding hydrogens is 334 g/mol. The highest BCUT2D eigenvalue weighted by molar-refractivity contribution is 6.00. The van der Waals surface area contributed by atoms with E-state index in [0.717, 1.165) is 0 Å². The number of aryl methyl sites for hydroxylation is 1. The van der Waals surface area contributed by atoms with Gasteiger partial charge in [-0.05, 0) is 44.9 Å². The molecular formula is C18H27N5O3. The van der Waals surface area contributed by atoms with Gasteiger partial charge in [0, 0.05) is 41.4 Å². The Labute approximate surface area is 179 Å². The second kappa shape index (κ2) is 7.90. The molecule has 1 aliphatic heterocycles. The standard InChI is InChI=1S/C18H27N5O3/c1-3-23-16-14(20-11-21-16)15(24)13(18(23)26)17(25)19-7-5-9-22-8-4-6-12(2)10-22/h11-12,24H,3-10H2,1-2H3,(H,19,25)(H,20,21)/i1D3,3D2,4D2,6D2,7D,8D2,9D,10D2,11D,12D/hD2. The van der Waals surface area contributed by atoms with Gasteiger partial charge in [0.05, 0.1) is 6.30 Å². The highest BCUT2D eigenvalue weighted by Gasteiger charge is 2.23. The zero-order valence-electron chi connectivity index (χ0n) is 32.4. The molecule has 0 radical (unpaired) electrons. The predicted molar refractivity (Wildman–Crippen MR) is 99.5 cm³/mol. The summed E-state index contributed by atoms with van der Waals surface area (Å²) in [7, 11) is 0. The molecule has 8 heteroatoms. The lowest BCUT2D eigenvalue weighted by molar-refractivity contribution is 0.0945. The molecule has 142 valence electrons. The summed E-state index contributed by atoms with van der Waals surface area (Å²) < 4.78 is 152. The first-order chi connectivity index (χ1) is 19.9. The van der Waals surface area contributed by atoms with Gasteiger partial charge in [0.2, 0.25) is 0 Å². The Morgan fingerprint density at radius 1 is 1.81 bits per heavy atom. The third kappa shape index (κ3) is 3.60. The predicted octanol–water partition coefficient (Wildman–Crippen LogP) is 1.30. The Hall–Kier alpha value is -2.35. The molecule has 0 bridgehead atoms. The fourth-order valence-corrected chi connectivity index (χ4v) is 2.13. The van der Waals surface area contributed by atoms with Crippen LogP contribution in [0, 0.1) is 5.89 Å². The minimum absolute atomic E-state index is 0.0181. The number of H-pyrrole nitrogens is 1. The molecule has 3 heterocycles. The number of imidazole rings is 1. The van der Waals surface area contributed by atoms with Crippen LogP contribution in [0.5, 0.6) is 5.75 Å². The average Bonchev–Trinajstić information content (AvgIpc) is 3.14. The summed E-state index contributed by atoms with van der Waals surface area (Å²) in [6.07, 6.45) is -9.36. The van der Waals surface area contributed by atoms with Crippen molar-refractivity contribution in [2.45, 2.75) is 39.4 Å². The monoisotopic (exact) mass is 380 g/mol. The van der Waals surface area contributed by atoms with E-state index < -0.39 is 110 Å². The summed E-state index contributed by atoms with van der Waals surface area (Å²) in [4.78, 5) is 29.9. The number of hydrogen-bond acceptors (Lipinski definition) is 5. The van der Waals surface area contributed by atoms with E-state index in [-0.39, 0.29) is 14.4 Å². The number of rotatable bonds is 6. The molecule has 3 atom stereocenters. The maximum Gasteiger partial charge on any atom is 0.268 e. The summed E-state index contributed by atoms with van der Waals surface area (Å²) in [5, 5.41) is 10.3. The molecule has 26 heavy (non-hydrogen) atoms. The van der Waals surface area contributed by atoms with Crippen molar-refractivity contribution in [1.82, 2.24) is 24.7 Å². The van der Waals surface area contributed by atoms with Crippen LogP contribution >= 0.6 is 0 Å². The first-order valence-electron chi connectivity index (χ1n) is 16.7. The van der Waals surface area contributed by atoms with E-state index in [4.69, 9.17) is 26.1 Å². The summed E-state index contributed by atoms with van der Waals surface area (Å²) in [6, 6.07) is 0. The molecule has 3 unspecified atom stereocenters. The van der Waals surface area contributed by atoms with Crippen molar-refractivity contribution in [1.29, 1.82) is 0 Å². The van der Waals surface area contributed by atoms with Crippen LogP contribution in [0.15, 0.2) is 11.1 Å². The molecule has 8 nitrogen and oxygen atoms in total. The number of fused-ring (bicyclic) bond motifs is 1. The molecule has 0 saturated carbocycles. The highest BCUT2D eigenvalue weighted by Crippen LogP contribution is 2.23. The highest BCUT2D eigenvalue weighted by atomic mass is 16.3. The lowest BCUT2D eigenvalue weighted by atomic mass is 10.0. The molecule has 1 amide bonds. The van der Waals surface area contributed by atoms with E-state index in [2.05, 4.69) is 4.98 Å². The number of piperidine rings is 1. The smallest absolute Gasteiger partial charge is 0.268 e. The Kier molecular flexibility index (Phi) is 1.85. The van der Waals surface area contributed by atoms with E-state index in [1.54, 1.807) is 0 Å². The maximum atomic E-state index is 13.3. The second-order valence-electron chi connectivity index (χ2n) is 4.98. The molecule has 0 aromatic carbocycles. The number of carbonyl (C=O) groups is 1. The number of nitrogens with one attached hydrogen (secondary N) is 2. The van der Waals surface area contributed by atoms with Gasteiger partial charge in [-0.15, -0.1) is 0 Å². The maximum absolute atomic E-state index is 13.3. The molecule has 2 aromatic rings. The quantitative estimate of drug-likeness (QED) is 0.701. The average molecular weight is 381 g/mol. The van der Waals surface area contributed by atoms with Crippen LogP contribution in [0.2, 0.25) is 2.82 Å². The minimum atomic E-state index is -3.68. The van der Waals surface area contributed by atoms with Crippen LogP contribution in [0.1, 0.15) is 66.6 Å². The lowest BCUT2D eigenvalue weighted by Crippen LogP contribution is -2.37. The van der Waals surface area contributed by atoms with Gasteiger partial charge in [-0.2, -0.15) is 0 Å². The van der Waals surface area contributed by atoms with Crippen molar-refractivity contribution in [2.75, 3.05) is 26.0 Å². The van der Waals surface area contributed by atoms with Gasteiger partial charge in [0.15, 0.2) is 14.2 Å². The first kappa shape index (κ1) is 6.09. The van der Waals surface area contributed by atoms with Crippen molar-refractivity contribution < 1.29 is 36.0 Å². The van der Waals surface area contributed by atoms with Gasteiger partial charge in [-0.25, -0.2) is 4.98 Å². The zero-order valence-corrected chi connectivity index (χ0v) is 13.4. The Morgan fingerprint density at radius 3 is 3.46 bits per heavy atom. The van der Waals surface area contributed by atoms with Crippen LogP contribution in [0.25, 0.3) is 11.2 Å². The minimum Gasteiger partial charge on any atom is -0.505 e. The van der Waals surface area contributed by atoms with E-state index in [9.17, 15) is 14.7 Å². The van der Waals surface area contributed by atoms with Gasteiger partial charge < -0.3 is 20.3 Å². The van der Waals surface area contributed by atoms with Crippen LogP contribution in [0.3, 0.4) is 0 Å². The number of aromatic nitrogens is 3. The number of carbonyl (C=O) groups excluding carboxylic acids is 1. The van der Waals surface area contributed by atoms with Crippen LogP contribution in [-0.2, 0) is 6.50 Å². The number of nitrogens with zero attached hydrogens (tertiary/aromatic N) is 3. The van der Waals surface area contributed by atoms with Crippen LogP contribution in [0.4, 0.5) is 0 Å². The molecule has 0 aliphatic carbocycles. The van der Waals surface area contributed by atoms with Crippen molar-refractivity contribution in [3.05, 3.63) is 22.2 Å². The number of aromatic amines is 1. The van der Waals surface area contributed by atoms with Crippen molar-refractivity contribution in [3.63, 3.8) is 0 Å². The molecule has 1 fully saturated rings. The fraction of sp³-hybridized carbons (Fsp3) is 0.611. The first-order valence-corrected chi connectivity index (χ1v) is 7.20. The van der Waals surface area contributed by atoms with Crippen LogP contribution < -0.4 is 10.9 Å². The van der Waals surface area contributed by atoms with Crippen molar-refractivity contribution >= 4 is 17.1 Å². The van der Waals surface area contributed by atoms with Gasteiger partial charge in [-0.1, -0.05) is 6.92 Å². The summed E-state index contributed by atoms with van der Waals surface area (Å²) in [5.41, 5.74) is -5.47. The number of likely N-dealkylation sites (tertiary alicyclic amines) is 1. The van der Waals surface area contributed by atoms with E-state index in [1.807, 2.05) is 0 Å². The fourth-order valence-electron chi connectivity index (χ4n) is 2.13. The molecule has 0 spiro atoms. The topological polar surface area (TPSA) is 103 Å². The van der Waals surface area contributed by atoms with Crippen molar-refractivity contribution in [3.8, 4) is 5.75 Å². The van der Waals surface area contributed by atoms with Gasteiger partial charge >= 0.3 is 0 Å². The number of hydrogen-bond donors (Lipinski definition) is 3. The largest absolute Gasteiger partial charge is 0.505 e. The van der Waals surface area contributed by atoms with E-state index in [1.165, 1.54) is 0 Å². The van der Waals surface area contributed by atoms with E-state index >= 15 is 0 Å². The third-order valence-corrected chi connectivity index (χ3v) is 3.26. The molecule has 3 N–H and O–H groups in total. The Bertz CT molecular complexity index is 1550. The normalized spacial score (nSPS) is 43.0. The number of amides is 1. The van der Waals surface area contributed by atoms with E-state index in [0.29, 0.717) is 6.92 Å². The Morgan fingerprint density at radius 2 is 2.65 bits per heavy atom. The van der Waals surface area contributed by atoms with Gasteiger partial charge in [0.25, 0.3) is 11.5 Å². The van der Waals surface area contributed by atoms with Gasteiger partial charge in [0.1, 0.15) is 12.5 Å². The lowest BCUT2D eigenvalue weighted by Gasteiger charge is -2.30. The third-order valence-electron chi connectivity index (χ3n) is 3.26. The zero-order chi connectivity index (χ0) is 35.4. The molecule has 2 aromatic heterocycles. The molecule has 1 saturated heterocycles. The summed E-state index contributed by atoms with van der Waals surface area (Å²) in [6.45, 7) is -18.5. The van der Waals surface area contributed by atoms with Gasteiger partial charge in [-0.3, -0.25) is 14.2 Å². The SMILES string of the molecule is [2H]c1nc2c(c(O)c(C(=O)N([2H])C([2H])CC([2H])N3C([2H])([2H])C([2H])([2H])C([2H])([2H])C([2H])(C)C3([2H])[2H])c(=O)n2C([2H])([2H])C([2H])([2H])[2H])n1[2H].